The van der Waals surface area contributed by atoms with Crippen LogP contribution in [0.15, 0.2) is 0 Å². The third-order valence-electron chi connectivity index (χ3n) is 3.77. The lowest BCUT2D eigenvalue weighted by Crippen LogP contribution is -2.46. The molecule has 0 saturated carbocycles. The lowest BCUT2D eigenvalue weighted by atomic mass is 10.1. The van der Waals surface area contributed by atoms with Gasteiger partial charge in [0.05, 0.1) is 6.61 Å². The molecule has 0 aliphatic carbocycles. The summed E-state index contributed by atoms with van der Waals surface area (Å²) < 4.78 is 4.59. The Morgan fingerprint density at radius 2 is 1.72 bits per heavy atom. The van der Waals surface area contributed by atoms with Crippen molar-refractivity contribution in [3.63, 3.8) is 0 Å². The van der Waals surface area contributed by atoms with Gasteiger partial charge in [-0.05, 0) is 25.7 Å². The van der Waals surface area contributed by atoms with Crippen LogP contribution < -0.4 is 5.32 Å². The van der Waals surface area contributed by atoms with E-state index in [1.54, 1.807) is 0 Å². The third-order valence-corrected chi connectivity index (χ3v) is 3.77. The molecule has 8 nitrogen and oxygen atoms in total. The van der Waals surface area contributed by atoms with E-state index >= 15 is 0 Å². The summed E-state index contributed by atoms with van der Waals surface area (Å²) >= 11 is 0. The summed E-state index contributed by atoms with van der Waals surface area (Å²) in [4.78, 5) is 48.4. The second kappa shape index (κ2) is 16.7. The number of amides is 2. The van der Waals surface area contributed by atoms with Crippen LogP contribution in [0.2, 0.25) is 0 Å². The predicted octanol–water partition coefficient (Wildman–Crippen LogP) is 1.72. The molecule has 1 unspecified atom stereocenters. The van der Waals surface area contributed by atoms with Gasteiger partial charge in [0, 0.05) is 6.54 Å². The Labute approximate surface area is 149 Å². The summed E-state index contributed by atoms with van der Waals surface area (Å²) in [6, 6.07) is -0.805. The molecule has 0 fully saturated rings. The second-order valence-electron chi connectivity index (χ2n) is 5.70. The van der Waals surface area contributed by atoms with Crippen molar-refractivity contribution in [2.75, 3.05) is 13.2 Å². The zero-order valence-electron chi connectivity index (χ0n) is 15.0. The van der Waals surface area contributed by atoms with Gasteiger partial charge in [0.15, 0.2) is 0 Å². The first kappa shape index (κ1) is 22.9. The number of hydrogen-bond acceptors (Lipinski definition) is 6. The third kappa shape index (κ3) is 12.0. The highest BCUT2D eigenvalue weighted by molar-refractivity contribution is 5.83. The molecular weight excluding hydrogens is 328 g/mol. The smallest absolute Gasteiger partial charge is 0.320 e. The quantitative estimate of drug-likeness (QED) is 0.227. The number of hydroxylamine groups is 2. The van der Waals surface area contributed by atoms with E-state index in [0.717, 1.165) is 56.4 Å². The Morgan fingerprint density at radius 1 is 1.00 bits per heavy atom. The van der Waals surface area contributed by atoms with Gasteiger partial charge in [0.25, 0.3) is 6.47 Å². The summed E-state index contributed by atoms with van der Waals surface area (Å²) in [5.41, 5.74) is 0. The van der Waals surface area contributed by atoms with Crippen LogP contribution in [0.3, 0.4) is 0 Å². The van der Waals surface area contributed by atoms with Crippen molar-refractivity contribution in [3.05, 3.63) is 0 Å². The minimum absolute atomic E-state index is 0.141. The van der Waals surface area contributed by atoms with Gasteiger partial charge in [0.2, 0.25) is 12.3 Å². The van der Waals surface area contributed by atoms with Gasteiger partial charge < -0.3 is 14.9 Å². The highest BCUT2D eigenvalue weighted by Gasteiger charge is 2.26. The summed E-state index contributed by atoms with van der Waals surface area (Å²) in [6.07, 6.45) is 8.02. The van der Waals surface area contributed by atoms with Crippen molar-refractivity contribution in [1.29, 1.82) is 0 Å². The maximum atomic E-state index is 12.3. The van der Waals surface area contributed by atoms with Crippen molar-refractivity contribution in [1.82, 2.24) is 10.4 Å². The lowest BCUT2D eigenvalue weighted by Gasteiger charge is -2.24. The van der Waals surface area contributed by atoms with Gasteiger partial charge in [0.1, 0.15) is 6.04 Å². The average Bonchev–Trinajstić information content (AvgIpc) is 2.62. The standard InChI is InChI=1S/C17H30N2O6/c1-2-3-4-7-10-16(19(13-20)25-15-22)17(23)18-11-8-5-6-9-12-24-14-21/h13-16H,2-12H2,1H3,(H,18,23). The van der Waals surface area contributed by atoms with Gasteiger partial charge >= 0.3 is 6.47 Å². The Bertz CT molecular complexity index is 378. The van der Waals surface area contributed by atoms with Crippen LogP contribution in [-0.4, -0.2) is 49.5 Å². The van der Waals surface area contributed by atoms with E-state index in [0.29, 0.717) is 32.5 Å². The van der Waals surface area contributed by atoms with E-state index in [2.05, 4.69) is 21.8 Å². The highest BCUT2D eigenvalue weighted by atomic mass is 16.7. The largest absolute Gasteiger partial charge is 0.468 e. The monoisotopic (exact) mass is 358 g/mol. The van der Waals surface area contributed by atoms with Gasteiger partial charge in [-0.25, -0.2) is 0 Å². The molecule has 0 aliphatic rings. The van der Waals surface area contributed by atoms with E-state index < -0.39 is 6.04 Å². The zero-order chi connectivity index (χ0) is 18.8. The number of unbranched alkanes of at least 4 members (excludes halogenated alkanes) is 6. The van der Waals surface area contributed by atoms with E-state index in [4.69, 9.17) is 0 Å². The molecule has 0 aromatic rings. The highest BCUT2D eigenvalue weighted by Crippen LogP contribution is 2.11. The van der Waals surface area contributed by atoms with Gasteiger partial charge in [-0.1, -0.05) is 39.0 Å². The van der Waals surface area contributed by atoms with Crippen LogP contribution >= 0.6 is 0 Å². The van der Waals surface area contributed by atoms with Crippen molar-refractivity contribution < 1.29 is 28.8 Å². The molecule has 0 saturated heterocycles. The van der Waals surface area contributed by atoms with E-state index in [1.807, 2.05) is 0 Å². The average molecular weight is 358 g/mol. The Balaban J connectivity index is 4.19. The second-order valence-corrected chi connectivity index (χ2v) is 5.70. The maximum Gasteiger partial charge on any atom is 0.320 e. The molecule has 1 atom stereocenters. The number of hydrogen-bond donors (Lipinski definition) is 1. The molecule has 0 bridgehead atoms. The van der Waals surface area contributed by atoms with Crippen LogP contribution in [0.25, 0.3) is 0 Å². The summed E-state index contributed by atoms with van der Waals surface area (Å²) in [7, 11) is 0. The number of carbonyl (C=O) groups excluding carboxylic acids is 4. The van der Waals surface area contributed by atoms with Crippen LogP contribution in [0.4, 0.5) is 0 Å². The molecular formula is C17H30N2O6. The summed E-state index contributed by atoms with van der Waals surface area (Å²) in [5.74, 6) is -0.324. The van der Waals surface area contributed by atoms with Crippen molar-refractivity contribution in [3.8, 4) is 0 Å². The molecule has 8 heteroatoms. The summed E-state index contributed by atoms with van der Waals surface area (Å²) in [5, 5.41) is 3.54. The molecule has 1 N–H and O–H groups in total. The first-order valence-electron chi connectivity index (χ1n) is 8.88. The predicted molar refractivity (Wildman–Crippen MR) is 91.1 cm³/mol. The molecule has 25 heavy (non-hydrogen) atoms. The SMILES string of the molecule is CCCCCCC(C(=O)NCCCCCCOC=O)N(C=O)OC=O. The van der Waals surface area contributed by atoms with Crippen molar-refractivity contribution in [2.24, 2.45) is 0 Å². The van der Waals surface area contributed by atoms with Gasteiger partial charge in [-0.3, -0.25) is 19.2 Å². The first-order chi connectivity index (χ1) is 12.2. The number of nitrogens with zero attached hydrogens (tertiary/aromatic N) is 1. The minimum atomic E-state index is -0.805. The Hall–Kier alpha value is -2.12. The normalized spacial score (nSPS) is 11.2. The number of nitrogens with one attached hydrogen (secondary N) is 1. The molecule has 144 valence electrons. The number of rotatable bonds is 18. The molecule has 0 aliphatic heterocycles. The molecule has 0 heterocycles. The molecule has 0 rings (SSSR count). The fourth-order valence-corrected chi connectivity index (χ4v) is 2.40. The topological polar surface area (TPSA) is 102 Å². The molecule has 0 aromatic heterocycles. The van der Waals surface area contributed by atoms with Gasteiger partial charge in [-0.15, -0.1) is 0 Å². The number of ether oxygens (including phenoxy) is 1. The summed E-state index contributed by atoms with van der Waals surface area (Å²) in [6.45, 7) is 3.55. The van der Waals surface area contributed by atoms with Crippen LogP contribution in [0.1, 0.15) is 64.7 Å². The van der Waals surface area contributed by atoms with Crippen LogP contribution in [0, 0.1) is 0 Å². The zero-order valence-corrected chi connectivity index (χ0v) is 15.0. The molecule has 0 spiro atoms. The first-order valence-corrected chi connectivity index (χ1v) is 8.88. The Kier molecular flexibility index (Phi) is 15.3. The fraction of sp³-hybridized carbons (Fsp3) is 0.765. The van der Waals surface area contributed by atoms with Crippen molar-refractivity contribution >= 4 is 25.3 Å². The number of carbonyl (C=O) groups is 4. The minimum Gasteiger partial charge on any atom is -0.468 e. The van der Waals surface area contributed by atoms with Crippen LogP contribution in [-0.2, 0) is 28.8 Å². The molecule has 2 amide bonds. The van der Waals surface area contributed by atoms with Crippen molar-refractivity contribution in [2.45, 2.75) is 70.8 Å². The van der Waals surface area contributed by atoms with Gasteiger partial charge in [-0.2, -0.15) is 5.06 Å². The van der Waals surface area contributed by atoms with E-state index in [-0.39, 0.29) is 12.4 Å². The molecule has 0 aromatic carbocycles. The lowest BCUT2D eigenvalue weighted by molar-refractivity contribution is -0.189. The maximum absolute atomic E-state index is 12.3. The van der Waals surface area contributed by atoms with E-state index in [9.17, 15) is 19.2 Å². The molecule has 0 radical (unpaired) electrons. The Morgan fingerprint density at radius 3 is 2.36 bits per heavy atom. The van der Waals surface area contributed by atoms with E-state index in [1.165, 1.54) is 0 Å². The van der Waals surface area contributed by atoms with Crippen LogP contribution in [0.5, 0.6) is 0 Å². The fourth-order valence-electron chi connectivity index (χ4n) is 2.40.